The van der Waals surface area contributed by atoms with E-state index in [-0.39, 0.29) is 0 Å². The lowest BCUT2D eigenvalue weighted by molar-refractivity contribution is 0.457. The molecule has 92 valence electrons. The van der Waals surface area contributed by atoms with E-state index in [0.29, 0.717) is 11.8 Å². The highest BCUT2D eigenvalue weighted by molar-refractivity contribution is 7.16. The van der Waals surface area contributed by atoms with Crippen LogP contribution < -0.4 is 5.32 Å². The maximum absolute atomic E-state index is 4.69. The summed E-state index contributed by atoms with van der Waals surface area (Å²) in [4.78, 5) is 0.925. The van der Waals surface area contributed by atoms with Crippen molar-refractivity contribution in [1.82, 2.24) is 25.1 Å². The summed E-state index contributed by atoms with van der Waals surface area (Å²) in [5.41, 5.74) is 0. The molecule has 0 aromatic carbocycles. The largest absolute Gasteiger partial charge is 0.316 e. The summed E-state index contributed by atoms with van der Waals surface area (Å²) in [6.07, 6.45) is 2.47. The van der Waals surface area contributed by atoms with E-state index in [2.05, 4.69) is 34.5 Å². The molecule has 0 saturated carbocycles. The second-order valence-electron chi connectivity index (χ2n) is 4.89. The Kier molecular flexibility index (Phi) is 2.84. The maximum Gasteiger partial charge on any atom is 0.234 e. The van der Waals surface area contributed by atoms with E-state index in [1.165, 1.54) is 17.8 Å². The predicted molar refractivity (Wildman–Crippen MR) is 67.6 cm³/mol. The van der Waals surface area contributed by atoms with Crippen molar-refractivity contribution in [2.75, 3.05) is 13.1 Å². The van der Waals surface area contributed by atoms with Gasteiger partial charge >= 0.3 is 0 Å². The number of hydrogen-bond acceptors (Lipinski definition) is 5. The van der Waals surface area contributed by atoms with Gasteiger partial charge in [0.1, 0.15) is 5.01 Å². The van der Waals surface area contributed by atoms with Crippen molar-refractivity contribution >= 4 is 16.3 Å². The van der Waals surface area contributed by atoms with Crippen LogP contribution in [-0.2, 0) is 0 Å². The van der Waals surface area contributed by atoms with Gasteiger partial charge in [0.05, 0.1) is 0 Å². The predicted octanol–water partition coefficient (Wildman–Crippen LogP) is 1.78. The molecule has 3 rings (SSSR count). The second-order valence-corrected chi connectivity index (χ2v) is 5.88. The molecule has 17 heavy (non-hydrogen) atoms. The molecule has 1 saturated heterocycles. The Morgan fingerprint density at radius 2 is 2.29 bits per heavy atom. The van der Waals surface area contributed by atoms with Crippen LogP contribution in [0.15, 0.2) is 0 Å². The summed E-state index contributed by atoms with van der Waals surface area (Å²) >= 11 is 1.68. The first kappa shape index (κ1) is 11.1. The van der Waals surface area contributed by atoms with Crippen molar-refractivity contribution in [1.29, 1.82) is 0 Å². The molecule has 0 aliphatic carbocycles. The third kappa shape index (κ3) is 1.95. The van der Waals surface area contributed by atoms with Crippen LogP contribution in [0.1, 0.15) is 49.4 Å². The highest BCUT2D eigenvalue weighted by Crippen LogP contribution is 2.28. The average molecular weight is 251 g/mol. The zero-order chi connectivity index (χ0) is 11.8. The van der Waals surface area contributed by atoms with Gasteiger partial charge in [-0.3, -0.25) is 0 Å². The lowest BCUT2D eigenvalue weighted by Crippen LogP contribution is -2.28. The summed E-state index contributed by atoms with van der Waals surface area (Å²) in [5.74, 6) is 1.88. The lowest BCUT2D eigenvalue weighted by atomic mass is 10.0. The quantitative estimate of drug-likeness (QED) is 0.884. The minimum Gasteiger partial charge on any atom is -0.316 e. The Balaban J connectivity index is 1.95. The molecule has 1 aliphatic heterocycles. The van der Waals surface area contributed by atoms with Gasteiger partial charge in [-0.15, -0.1) is 10.2 Å². The third-order valence-electron chi connectivity index (χ3n) is 3.19. The van der Waals surface area contributed by atoms with Crippen LogP contribution in [0.4, 0.5) is 0 Å². The molecule has 0 bridgehead atoms. The number of fused-ring (bicyclic) bond motifs is 1. The van der Waals surface area contributed by atoms with Gasteiger partial charge in [-0.1, -0.05) is 25.2 Å². The summed E-state index contributed by atoms with van der Waals surface area (Å²) < 4.78 is 1.92. The number of hydrogen-bond donors (Lipinski definition) is 1. The van der Waals surface area contributed by atoms with Gasteiger partial charge in [-0.05, 0) is 19.4 Å². The zero-order valence-electron chi connectivity index (χ0n) is 10.2. The number of nitrogens with zero attached hydrogens (tertiary/aromatic N) is 4. The van der Waals surface area contributed by atoms with Gasteiger partial charge < -0.3 is 5.32 Å². The van der Waals surface area contributed by atoms with Crippen LogP contribution in [0, 0.1) is 0 Å². The van der Waals surface area contributed by atoms with Crippen molar-refractivity contribution in [2.24, 2.45) is 0 Å². The summed E-state index contributed by atoms with van der Waals surface area (Å²) in [6.45, 7) is 6.42. The fourth-order valence-electron chi connectivity index (χ4n) is 2.23. The van der Waals surface area contributed by atoms with E-state index in [4.69, 9.17) is 0 Å². The minimum absolute atomic E-state index is 0.365. The summed E-state index contributed by atoms with van der Waals surface area (Å²) in [6, 6.07) is 0. The number of nitrogens with one attached hydrogen (secondary N) is 1. The van der Waals surface area contributed by atoms with E-state index in [1.54, 1.807) is 11.3 Å². The SMILES string of the molecule is CC(C)c1nnc2sc(C3CCCNC3)nn12. The molecular formula is C11H17N5S. The highest BCUT2D eigenvalue weighted by Gasteiger charge is 2.21. The van der Waals surface area contributed by atoms with Crippen LogP contribution in [0.5, 0.6) is 0 Å². The molecule has 0 spiro atoms. The van der Waals surface area contributed by atoms with Crippen molar-refractivity contribution < 1.29 is 0 Å². The lowest BCUT2D eigenvalue weighted by Gasteiger charge is -2.19. The molecule has 1 atom stereocenters. The topological polar surface area (TPSA) is 55.1 Å². The molecule has 5 nitrogen and oxygen atoms in total. The van der Waals surface area contributed by atoms with Crippen molar-refractivity contribution in [3.63, 3.8) is 0 Å². The summed E-state index contributed by atoms with van der Waals surface area (Å²) in [5, 5.41) is 17.7. The van der Waals surface area contributed by atoms with Crippen LogP contribution in [0.25, 0.3) is 4.96 Å². The van der Waals surface area contributed by atoms with E-state index in [9.17, 15) is 0 Å². The molecular weight excluding hydrogens is 234 g/mol. The number of rotatable bonds is 2. The van der Waals surface area contributed by atoms with Crippen LogP contribution in [0.2, 0.25) is 0 Å². The molecule has 2 aromatic rings. The van der Waals surface area contributed by atoms with Gasteiger partial charge in [0.25, 0.3) is 0 Å². The maximum atomic E-state index is 4.69. The Morgan fingerprint density at radius 3 is 3.00 bits per heavy atom. The average Bonchev–Trinajstić information content (AvgIpc) is 2.88. The van der Waals surface area contributed by atoms with Gasteiger partial charge in [0, 0.05) is 18.4 Å². The molecule has 3 heterocycles. The van der Waals surface area contributed by atoms with Gasteiger partial charge in [-0.2, -0.15) is 9.61 Å². The van der Waals surface area contributed by atoms with Crippen LogP contribution in [-0.4, -0.2) is 32.9 Å². The Hall–Kier alpha value is -1.01. The van der Waals surface area contributed by atoms with Crippen molar-refractivity contribution in [3.8, 4) is 0 Å². The van der Waals surface area contributed by atoms with Crippen LogP contribution in [0.3, 0.4) is 0 Å². The zero-order valence-corrected chi connectivity index (χ0v) is 11.0. The first-order valence-electron chi connectivity index (χ1n) is 6.18. The normalized spacial score (nSPS) is 21.5. The van der Waals surface area contributed by atoms with E-state index >= 15 is 0 Å². The van der Waals surface area contributed by atoms with Gasteiger partial charge in [0.2, 0.25) is 4.96 Å². The molecule has 1 fully saturated rings. The third-order valence-corrected chi connectivity index (χ3v) is 4.25. The van der Waals surface area contributed by atoms with E-state index in [1.807, 2.05) is 4.52 Å². The fourth-order valence-corrected chi connectivity index (χ4v) is 3.21. The van der Waals surface area contributed by atoms with E-state index < -0.39 is 0 Å². The van der Waals surface area contributed by atoms with E-state index in [0.717, 1.165) is 23.9 Å². The standard InChI is InChI=1S/C11H17N5S/c1-7(2)9-13-14-11-16(9)15-10(17-11)8-4-3-5-12-6-8/h7-8,12H,3-6H2,1-2H3. The van der Waals surface area contributed by atoms with Crippen molar-refractivity contribution in [3.05, 3.63) is 10.8 Å². The second kappa shape index (κ2) is 4.34. The molecule has 1 aliphatic rings. The molecule has 2 aromatic heterocycles. The minimum atomic E-state index is 0.365. The Labute approximate surface area is 104 Å². The first-order chi connectivity index (χ1) is 8.25. The van der Waals surface area contributed by atoms with Crippen molar-refractivity contribution in [2.45, 2.75) is 38.5 Å². The first-order valence-corrected chi connectivity index (χ1v) is 7.00. The fraction of sp³-hybridized carbons (Fsp3) is 0.727. The molecule has 1 unspecified atom stereocenters. The van der Waals surface area contributed by atoms with Gasteiger partial charge in [0.15, 0.2) is 5.82 Å². The van der Waals surface area contributed by atoms with Gasteiger partial charge in [-0.25, -0.2) is 0 Å². The highest BCUT2D eigenvalue weighted by atomic mass is 32.1. The molecule has 6 heteroatoms. The summed E-state index contributed by atoms with van der Waals surface area (Å²) in [7, 11) is 0. The number of aromatic nitrogens is 4. The monoisotopic (exact) mass is 251 g/mol. The Bertz CT molecular complexity index is 509. The molecule has 0 amide bonds. The number of piperidine rings is 1. The molecule has 0 radical (unpaired) electrons. The van der Waals surface area contributed by atoms with Crippen LogP contribution >= 0.6 is 11.3 Å². The molecule has 1 N–H and O–H groups in total. The smallest absolute Gasteiger partial charge is 0.234 e. The Morgan fingerprint density at radius 1 is 1.41 bits per heavy atom.